The van der Waals surface area contributed by atoms with Crippen LogP contribution in [0.25, 0.3) is 21.7 Å². The smallest absolute Gasteiger partial charge is 0.251 e. The number of amides is 2. The standard InChI is InChI=1S/C27H26N4O2S/c1-3-18(2)23(25(33)29-27-31-30-26(34-27)22-12-8-5-9-13-22)28-24(32)21-16-14-20(15-17-21)19-10-6-4-7-11-19/h4-18,23H,3H2,1-2H3,(H,28,32)(H,29,31,33). The first-order chi connectivity index (χ1) is 16.5. The van der Waals surface area contributed by atoms with Gasteiger partial charge in [-0.25, -0.2) is 0 Å². The van der Waals surface area contributed by atoms with Crippen molar-refractivity contribution >= 4 is 28.3 Å². The van der Waals surface area contributed by atoms with Gasteiger partial charge in [0.25, 0.3) is 5.91 Å². The zero-order chi connectivity index (χ0) is 23.9. The summed E-state index contributed by atoms with van der Waals surface area (Å²) in [7, 11) is 0. The van der Waals surface area contributed by atoms with Gasteiger partial charge in [0.1, 0.15) is 11.0 Å². The van der Waals surface area contributed by atoms with Crippen LogP contribution in [0.1, 0.15) is 30.6 Å². The summed E-state index contributed by atoms with van der Waals surface area (Å²) < 4.78 is 0. The van der Waals surface area contributed by atoms with Crippen molar-refractivity contribution in [1.29, 1.82) is 0 Å². The molecular formula is C27H26N4O2S. The second-order valence-corrected chi connectivity index (χ2v) is 9.03. The molecule has 2 unspecified atom stereocenters. The van der Waals surface area contributed by atoms with E-state index in [9.17, 15) is 9.59 Å². The monoisotopic (exact) mass is 470 g/mol. The minimum Gasteiger partial charge on any atom is -0.340 e. The Morgan fingerprint density at radius 3 is 2.03 bits per heavy atom. The molecule has 1 heterocycles. The molecule has 0 aliphatic carbocycles. The van der Waals surface area contributed by atoms with Crippen LogP contribution in [0.5, 0.6) is 0 Å². The molecule has 0 bridgehead atoms. The number of rotatable bonds is 8. The normalized spacial score (nSPS) is 12.5. The minimum atomic E-state index is -0.699. The third-order valence-electron chi connectivity index (χ3n) is 5.71. The molecule has 34 heavy (non-hydrogen) atoms. The topological polar surface area (TPSA) is 84.0 Å². The zero-order valence-corrected chi connectivity index (χ0v) is 19.9. The highest BCUT2D eigenvalue weighted by Crippen LogP contribution is 2.26. The van der Waals surface area contributed by atoms with E-state index in [-0.39, 0.29) is 17.7 Å². The molecule has 4 rings (SSSR count). The van der Waals surface area contributed by atoms with Gasteiger partial charge in [-0.15, -0.1) is 10.2 Å². The van der Waals surface area contributed by atoms with Gasteiger partial charge in [0.15, 0.2) is 0 Å². The fourth-order valence-corrected chi connectivity index (χ4v) is 4.28. The summed E-state index contributed by atoms with van der Waals surface area (Å²) in [6, 6.07) is 26.3. The van der Waals surface area contributed by atoms with Crippen molar-refractivity contribution in [3.05, 3.63) is 90.5 Å². The van der Waals surface area contributed by atoms with Gasteiger partial charge in [0.2, 0.25) is 11.0 Å². The summed E-state index contributed by atoms with van der Waals surface area (Å²) in [5.74, 6) is -0.657. The van der Waals surface area contributed by atoms with E-state index >= 15 is 0 Å². The van der Waals surface area contributed by atoms with Gasteiger partial charge in [-0.05, 0) is 29.2 Å². The number of carbonyl (C=O) groups is 2. The van der Waals surface area contributed by atoms with E-state index in [1.807, 2.05) is 86.6 Å². The van der Waals surface area contributed by atoms with E-state index in [0.29, 0.717) is 10.7 Å². The highest BCUT2D eigenvalue weighted by molar-refractivity contribution is 7.18. The fourth-order valence-electron chi connectivity index (χ4n) is 3.53. The number of carbonyl (C=O) groups excluding carboxylic acids is 2. The van der Waals surface area contributed by atoms with Crippen LogP contribution in [0.3, 0.4) is 0 Å². The predicted octanol–water partition coefficient (Wildman–Crippen LogP) is 5.66. The Morgan fingerprint density at radius 1 is 0.824 bits per heavy atom. The maximum Gasteiger partial charge on any atom is 0.251 e. The lowest BCUT2D eigenvalue weighted by molar-refractivity contribution is -0.119. The zero-order valence-electron chi connectivity index (χ0n) is 19.1. The Labute approximate surface area is 203 Å². The van der Waals surface area contributed by atoms with E-state index in [4.69, 9.17) is 0 Å². The second-order valence-electron chi connectivity index (χ2n) is 8.05. The van der Waals surface area contributed by atoms with Crippen molar-refractivity contribution in [3.63, 3.8) is 0 Å². The summed E-state index contributed by atoms with van der Waals surface area (Å²) in [5.41, 5.74) is 3.55. The van der Waals surface area contributed by atoms with E-state index in [2.05, 4.69) is 20.8 Å². The maximum atomic E-state index is 13.1. The van der Waals surface area contributed by atoms with Crippen LogP contribution in [-0.4, -0.2) is 28.1 Å². The number of benzene rings is 3. The summed E-state index contributed by atoms with van der Waals surface area (Å²) >= 11 is 1.30. The first kappa shape index (κ1) is 23.3. The maximum absolute atomic E-state index is 13.1. The Kier molecular flexibility index (Phi) is 7.44. The number of nitrogens with one attached hydrogen (secondary N) is 2. The molecule has 0 radical (unpaired) electrons. The summed E-state index contributed by atoms with van der Waals surface area (Å²) in [6.45, 7) is 3.93. The number of aromatic nitrogens is 2. The lowest BCUT2D eigenvalue weighted by Crippen LogP contribution is -2.47. The molecule has 3 aromatic carbocycles. The lowest BCUT2D eigenvalue weighted by Gasteiger charge is -2.23. The van der Waals surface area contributed by atoms with Crippen molar-refractivity contribution in [2.75, 3.05) is 5.32 Å². The number of nitrogens with zero attached hydrogens (tertiary/aromatic N) is 2. The van der Waals surface area contributed by atoms with E-state index in [1.165, 1.54) is 11.3 Å². The summed E-state index contributed by atoms with van der Waals surface area (Å²) in [5, 5.41) is 15.1. The average Bonchev–Trinajstić information content (AvgIpc) is 3.36. The Bertz CT molecular complexity index is 1240. The van der Waals surface area contributed by atoms with Crippen LogP contribution in [0, 0.1) is 5.92 Å². The summed E-state index contributed by atoms with van der Waals surface area (Å²) in [6.07, 6.45) is 0.733. The van der Waals surface area contributed by atoms with Gasteiger partial charge in [-0.2, -0.15) is 0 Å². The van der Waals surface area contributed by atoms with Crippen LogP contribution < -0.4 is 10.6 Å². The molecule has 0 fully saturated rings. The summed E-state index contributed by atoms with van der Waals surface area (Å²) in [4.78, 5) is 26.0. The van der Waals surface area contributed by atoms with Gasteiger partial charge in [0.05, 0.1) is 0 Å². The van der Waals surface area contributed by atoms with E-state index in [1.54, 1.807) is 12.1 Å². The first-order valence-electron chi connectivity index (χ1n) is 11.2. The Hall–Kier alpha value is -3.84. The van der Waals surface area contributed by atoms with Gasteiger partial charge in [0, 0.05) is 11.1 Å². The molecule has 0 aliphatic heterocycles. The molecule has 172 valence electrons. The third-order valence-corrected chi connectivity index (χ3v) is 6.60. The van der Waals surface area contributed by atoms with Crippen molar-refractivity contribution in [3.8, 4) is 21.7 Å². The lowest BCUT2D eigenvalue weighted by atomic mass is 9.97. The van der Waals surface area contributed by atoms with E-state index < -0.39 is 6.04 Å². The van der Waals surface area contributed by atoms with Gasteiger partial charge in [-0.1, -0.05) is 104 Å². The van der Waals surface area contributed by atoms with Crippen LogP contribution >= 0.6 is 11.3 Å². The molecule has 2 amide bonds. The molecule has 2 N–H and O–H groups in total. The molecule has 2 atom stereocenters. The van der Waals surface area contributed by atoms with Gasteiger partial charge < -0.3 is 5.32 Å². The molecule has 0 aliphatic rings. The van der Waals surface area contributed by atoms with Crippen molar-refractivity contribution in [2.45, 2.75) is 26.3 Å². The first-order valence-corrected chi connectivity index (χ1v) is 12.0. The highest BCUT2D eigenvalue weighted by atomic mass is 32.1. The largest absolute Gasteiger partial charge is 0.340 e. The minimum absolute atomic E-state index is 0.0611. The van der Waals surface area contributed by atoms with Crippen molar-refractivity contribution < 1.29 is 9.59 Å². The van der Waals surface area contributed by atoms with Gasteiger partial charge >= 0.3 is 0 Å². The number of anilines is 1. The van der Waals surface area contributed by atoms with Crippen LogP contribution in [0.4, 0.5) is 5.13 Å². The SMILES string of the molecule is CCC(C)C(NC(=O)c1ccc(-c2ccccc2)cc1)C(=O)Nc1nnc(-c2ccccc2)s1. The van der Waals surface area contributed by atoms with E-state index in [0.717, 1.165) is 28.1 Å². The second kappa shape index (κ2) is 10.9. The molecule has 0 spiro atoms. The molecule has 0 saturated heterocycles. The molecular weight excluding hydrogens is 444 g/mol. The molecule has 6 nitrogen and oxygen atoms in total. The Morgan fingerprint density at radius 2 is 1.41 bits per heavy atom. The molecule has 1 aromatic heterocycles. The molecule has 7 heteroatoms. The van der Waals surface area contributed by atoms with Crippen LogP contribution in [0.2, 0.25) is 0 Å². The Balaban J connectivity index is 1.45. The van der Waals surface area contributed by atoms with Crippen molar-refractivity contribution in [2.24, 2.45) is 5.92 Å². The fraction of sp³-hybridized carbons (Fsp3) is 0.185. The highest BCUT2D eigenvalue weighted by Gasteiger charge is 2.27. The van der Waals surface area contributed by atoms with Crippen LogP contribution in [-0.2, 0) is 4.79 Å². The van der Waals surface area contributed by atoms with Crippen molar-refractivity contribution in [1.82, 2.24) is 15.5 Å². The van der Waals surface area contributed by atoms with Gasteiger partial charge in [-0.3, -0.25) is 14.9 Å². The third kappa shape index (κ3) is 5.55. The molecule has 0 saturated carbocycles. The molecule has 4 aromatic rings. The predicted molar refractivity (Wildman–Crippen MR) is 137 cm³/mol. The average molecular weight is 471 g/mol. The van der Waals surface area contributed by atoms with Crippen LogP contribution in [0.15, 0.2) is 84.9 Å². The number of hydrogen-bond donors (Lipinski definition) is 2. The quantitative estimate of drug-likeness (QED) is 0.348. The number of hydrogen-bond acceptors (Lipinski definition) is 5.